The highest BCUT2D eigenvalue weighted by Gasteiger charge is 2.33. The maximum absolute atomic E-state index is 11.9. The molecule has 84 valence electrons. The largest absolute Gasteiger partial charge is 0.350 e. The maximum Gasteiger partial charge on any atom is 0.253 e. The quantitative estimate of drug-likeness (QED) is 0.574. The van der Waals surface area contributed by atoms with Gasteiger partial charge in [-0.2, -0.15) is 0 Å². The van der Waals surface area contributed by atoms with Gasteiger partial charge in [0.05, 0.1) is 0 Å². The Bertz CT molecular complexity index is 554. The van der Waals surface area contributed by atoms with E-state index in [1.165, 1.54) is 0 Å². The highest BCUT2D eigenvalue weighted by atomic mass is 35.6. The van der Waals surface area contributed by atoms with E-state index in [1.807, 2.05) is 35.9 Å². The van der Waals surface area contributed by atoms with E-state index in [2.05, 4.69) is 0 Å². The van der Waals surface area contributed by atoms with Gasteiger partial charge in [-0.05, 0) is 6.07 Å². The number of carbonyl (C=O) groups is 1. The van der Waals surface area contributed by atoms with Gasteiger partial charge < -0.3 is 4.57 Å². The molecule has 0 amide bonds. The molecule has 16 heavy (non-hydrogen) atoms. The lowest BCUT2D eigenvalue weighted by Gasteiger charge is -2.07. The molecule has 0 saturated heterocycles. The maximum atomic E-state index is 11.9. The van der Waals surface area contributed by atoms with E-state index in [0.29, 0.717) is 5.56 Å². The van der Waals surface area contributed by atoms with Crippen LogP contribution in [0.2, 0.25) is 0 Å². The molecular formula is C11H8Cl3NO. The van der Waals surface area contributed by atoms with Gasteiger partial charge in [-0.1, -0.05) is 53.0 Å². The van der Waals surface area contributed by atoms with Gasteiger partial charge in [0.25, 0.3) is 3.79 Å². The summed E-state index contributed by atoms with van der Waals surface area (Å²) < 4.78 is -0.0803. The summed E-state index contributed by atoms with van der Waals surface area (Å²) in [7, 11) is 1.84. The van der Waals surface area contributed by atoms with Crippen LogP contribution in [0.1, 0.15) is 10.4 Å². The van der Waals surface area contributed by atoms with Gasteiger partial charge in [-0.3, -0.25) is 4.79 Å². The Morgan fingerprint density at radius 2 is 1.88 bits per heavy atom. The fourth-order valence-electron chi connectivity index (χ4n) is 1.68. The Morgan fingerprint density at radius 1 is 1.25 bits per heavy atom. The van der Waals surface area contributed by atoms with Gasteiger partial charge in [0, 0.05) is 29.7 Å². The molecule has 0 unspecified atom stereocenters. The highest BCUT2D eigenvalue weighted by Crippen LogP contribution is 2.33. The van der Waals surface area contributed by atoms with Crippen molar-refractivity contribution in [2.75, 3.05) is 0 Å². The average Bonchev–Trinajstić information content (AvgIpc) is 2.55. The number of hydrogen-bond donors (Lipinski definition) is 0. The highest BCUT2D eigenvalue weighted by molar-refractivity contribution is 6.77. The SMILES string of the molecule is Cn1cc(C(=O)C(Cl)(Cl)Cl)c2ccccc21. The van der Waals surface area contributed by atoms with Gasteiger partial charge in [-0.25, -0.2) is 0 Å². The molecule has 0 spiro atoms. The molecular weight excluding hydrogens is 268 g/mol. The van der Waals surface area contributed by atoms with Crippen LogP contribution >= 0.6 is 34.8 Å². The molecule has 0 N–H and O–H groups in total. The minimum Gasteiger partial charge on any atom is -0.350 e. The summed E-state index contributed by atoms with van der Waals surface area (Å²) in [6.45, 7) is 0. The van der Waals surface area contributed by atoms with E-state index in [0.717, 1.165) is 10.9 Å². The van der Waals surface area contributed by atoms with Crippen molar-refractivity contribution in [2.24, 2.45) is 7.05 Å². The molecule has 2 aromatic rings. The van der Waals surface area contributed by atoms with Crippen LogP contribution in [0.4, 0.5) is 0 Å². The minimum atomic E-state index is -1.91. The van der Waals surface area contributed by atoms with Crippen molar-refractivity contribution in [1.82, 2.24) is 4.57 Å². The number of nitrogens with zero attached hydrogens (tertiary/aromatic N) is 1. The molecule has 0 aliphatic carbocycles. The van der Waals surface area contributed by atoms with Crippen molar-refractivity contribution >= 4 is 51.5 Å². The molecule has 2 nitrogen and oxygen atoms in total. The molecule has 0 saturated carbocycles. The van der Waals surface area contributed by atoms with E-state index >= 15 is 0 Å². The second kappa shape index (κ2) is 3.95. The number of Topliss-reactive ketones (excluding diaryl/α,β-unsaturated/α-hetero) is 1. The molecule has 0 bridgehead atoms. The van der Waals surface area contributed by atoms with E-state index in [-0.39, 0.29) is 0 Å². The van der Waals surface area contributed by atoms with Crippen molar-refractivity contribution in [2.45, 2.75) is 3.79 Å². The first-order chi connectivity index (χ1) is 7.41. The van der Waals surface area contributed by atoms with Crippen LogP contribution in [0.25, 0.3) is 10.9 Å². The predicted octanol–water partition coefficient (Wildman–Crippen LogP) is 3.73. The third kappa shape index (κ3) is 1.93. The first-order valence-electron chi connectivity index (χ1n) is 4.57. The van der Waals surface area contributed by atoms with E-state index in [1.54, 1.807) is 6.20 Å². The summed E-state index contributed by atoms with van der Waals surface area (Å²) in [6.07, 6.45) is 1.68. The van der Waals surface area contributed by atoms with Gasteiger partial charge >= 0.3 is 0 Å². The number of fused-ring (bicyclic) bond motifs is 1. The van der Waals surface area contributed by atoms with Gasteiger partial charge in [0.2, 0.25) is 5.78 Å². The fraction of sp³-hybridized carbons (Fsp3) is 0.182. The molecule has 5 heteroatoms. The summed E-state index contributed by atoms with van der Waals surface area (Å²) in [5, 5.41) is 0.793. The van der Waals surface area contributed by atoms with Crippen LogP contribution in [0.5, 0.6) is 0 Å². The zero-order valence-corrected chi connectivity index (χ0v) is 10.6. The molecule has 0 radical (unpaired) electrons. The summed E-state index contributed by atoms with van der Waals surface area (Å²) in [4.78, 5) is 11.9. The van der Waals surface area contributed by atoms with Crippen molar-refractivity contribution in [3.63, 3.8) is 0 Å². The van der Waals surface area contributed by atoms with E-state index in [9.17, 15) is 4.79 Å². The third-order valence-corrected chi connectivity index (χ3v) is 2.91. The number of aryl methyl sites for hydroxylation is 1. The van der Waals surface area contributed by atoms with Crippen molar-refractivity contribution in [3.05, 3.63) is 36.0 Å². The molecule has 1 aromatic heterocycles. The third-order valence-electron chi connectivity index (χ3n) is 2.40. The lowest BCUT2D eigenvalue weighted by molar-refractivity contribution is 0.0998. The Kier molecular flexibility index (Phi) is 2.91. The number of carbonyl (C=O) groups excluding carboxylic acids is 1. The number of alkyl halides is 3. The second-order valence-corrected chi connectivity index (χ2v) is 5.78. The summed E-state index contributed by atoms with van der Waals surface area (Å²) in [6, 6.07) is 7.48. The smallest absolute Gasteiger partial charge is 0.253 e. The number of aromatic nitrogens is 1. The topological polar surface area (TPSA) is 22.0 Å². The predicted molar refractivity (Wildman–Crippen MR) is 67.5 cm³/mol. The number of hydrogen-bond acceptors (Lipinski definition) is 1. The lowest BCUT2D eigenvalue weighted by Crippen LogP contribution is -2.18. The van der Waals surface area contributed by atoms with Crippen LogP contribution in [0, 0.1) is 0 Å². The lowest BCUT2D eigenvalue weighted by atomic mass is 10.1. The fourth-order valence-corrected chi connectivity index (χ4v) is 1.98. The number of halogens is 3. The first-order valence-corrected chi connectivity index (χ1v) is 5.70. The number of ketones is 1. The number of rotatable bonds is 1. The molecule has 0 fully saturated rings. The average molecular weight is 277 g/mol. The Hall–Kier alpha value is -0.700. The van der Waals surface area contributed by atoms with Crippen molar-refractivity contribution in [3.8, 4) is 0 Å². The molecule has 1 aromatic carbocycles. The van der Waals surface area contributed by atoms with Crippen LogP contribution in [-0.4, -0.2) is 14.1 Å². The van der Waals surface area contributed by atoms with Crippen molar-refractivity contribution < 1.29 is 4.79 Å². The van der Waals surface area contributed by atoms with Crippen LogP contribution in [0.3, 0.4) is 0 Å². The molecule has 0 atom stereocenters. The van der Waals surface area contributed by atoms with Crippen LogP contribution < -0.4 is 0 Å². The summed E-state index contributed by atoms with van der Waals surface area (Å²) in [5.41, 5.74) is 1.36. The molecule has 0 aliphatic rings. The Morgan fingerprint density at radius 3 is 2.50 bits per heavy atom. The van der Waals surface area contributed by atoms with Crippen LogP contribution in [0.15, 0.2) is 30.5 Å². The first kappa shape index (κ1) is 11.8. The van der Waals surface area contributed by atoms with Crippen molar-refractivity contribution in [1.29, 1.82) is 0 Å². The van der Waals surface area contributed by atoms with Gasteiger partial charge in [-0.15, -0.1) is 0 Å². The number of para-hydroxylation sites is 1. The molecule has 0 aliphatic heterocycles. The Balaban J connectivity index is 2.67. The second-order valence-electron chi connectivity index (χ2n) is 3.50. The van der Waals surface area contributed by atoms with Gasteiger partial charge in [0.1, 0.15) is 0 Å². The number of benzene rings is 1. The minimum absolute atomic E-state index is 0.429. The summed E-state index contributed by atoms with van der Waals surface area (Å²) >= 11 is 16.8. The van der Waals surface area contributed by atoms with E-state index < -0.39 is 9.58 Å². The normalized spacial score (nSPS) is 12.0. The van der Waals surface area contributed by atoms with Crippen LogP contribution in [-0.2, 0) is 7.05 Å². The molecule has 2 rings (SSSR count). The monoisotopic (exact) mass is 275 g/mol. The van der Waals surface area contributed by atoms with E-state index in [4.69, 9.17) is 34.8 Å². The van der Waals surface area contributed by atoms with Gasteiger partial charge in [0.15, 0.2) is 0 Å². The zero-order chi connectivity index (χ0) is 11.9. The summed E-state index contributed by atoms with van der Waals surface area (Å²) in [5.74, 6) is -0.505. The molecule has 1 heterocycles. The standard InChI is InChI=1S/C11H8Cl3NO/c1-15-6-8(10(16)11(12,13)14)7-4-2-3-5-9(7)15/h2-6H,1H3. The zero-order valence-electron chi connectivity index (χ0n) is 8.38. The Labute approximate surface area is 108 Å².